The summed E-state index contributed by atoms with van der Waals surface area (Å²) >= 11 is 0. The van der Waals surface area contributed by atoms with E-state index in [2.05, 4.69) is 15.1 Å². The quantitative estimate of drug-likeness (QED) is 0.369. The number of hydrogen-bond acceptors (Lipinski definition) is 7. The highest BCUT2D eigenvalue weighted by Crippen LogP contribution is 2.36. The van der Waals surface area contributed by atoms with E-state index < -0.39 is 0 Å². The topological polar surface area (TPSA) is 124 Å². The number of nitrogen functional groups attached to an aromatic ring is 1. The molecular weight excluding hydrogens is 470 g/mol. The predicted molar refractivity (Wildman–Crippen MR) is 139 cm³/mol. The first-order chi connectivity index (χ1) is 18.1. The van der Waals surface area contributed by atoms with Gasteiger partial charge in [0, 0.05) is 24.4 Å². The molecule has 1 fully saturated rings. The molecule has 5 aromatic rings. The number of anilines is 1. The van der Waals surface area contributed by atoms with Crippen molar-refractivity contribution in [3.8, 4) is 17.1 Å². The van der Waals surface area contributed by atoms with Crippen molar-refractivity contribution in [2.45, 2.75) is 25.4 Å². The highest BCUT2D eigenvalue weighted by Gasteiger charge is 2.30. The molecule has 0 bridgehead atoms. The van der Waals surface area contributed by atoms with Gasteiger partial charge in [0.25, 0.3) is 0 Å². The van der Waals surface area contributed by atoms with E-state index in [1.54, 1.807) is 16.5 Å². The largest absolute Gasteiger partial charge is 0.495 e. The molecule has 1 aliphatic rings. The van der Waals surface area contributed by atoms with Gasteiger partial charge in [0.05, 0.1) is 18.3 Å². The zero-order chi connectivity index (χ0) is 25.4. The molecule has 0 aliphatic carbocycles. The van der Waals surface area contributed by atoms with Crippen molar-refractivity contribution in [2.24, 2.45) is 0 Å². The van der Waals surface area contributed by atoms with Gasteiger partial charge in [0.1, 0.15) is 35.7 Å². The van der Waals surface area contributed by atoms with Gasteiger partial charge < -0.3 is 25.1 Å². The first kappa shape index (κ1) is 22.8. The number of nitrogens with zero attached hydrogens (tertiary/aromatic N) is 5. The summed E-state index contributed by atoms with van der Waals surface area (Å²) in [6, 6.07) is 17.6. The van der Waals surface area contributed by atoms with E-state index in [0.717, 1.165) is 46.6 Å². The Balaban J connectivity index is 1.25. The fourth-order valence-electron chi connectivity index (χ4n) is 4.99. The number of ether oxygens (including phenoxy) is 2. The SMILES string of the molecule is COc1cccc2cc(-c3nc(C4CCN(C(=O)OCc5ccccc5)CC4)n4ncnc(N)c34)[nH]c12. The summed E-state index contributed by atoms with van der Waals surface area (Å²) in [5, 5.41) is 5.50. The minimum Gasteiger partial charge on any atom is -0.495 e. The van der Waals surface area contributed by atoms with Crippen LogP contribution >= 0.6 is 0 Å². The Kier molecular flexibility index (Phi) is 5.84. The average molecular weight is 498 g/mol. The van der Waals surface area contributed by atoms with Crippen LogP contribution in [0.3, 0.4) is 0 Å². The van der Waals surface area contributed by atoms with Crippen molar-refractivity contribution < 1.29 is 14.3 Å². The Bertz CT molecular complexity index is 1570. The van der Waals surface area contributed by atoms with E-state index in [1.165, 1.54) is 6.33 Å². The first-order valence-electron chi connectivity index (χ1n) is 12.2. The average Bonchev–Trinajstić information content (AvgIpc) is 3.55. The zero-order valence-corrected chi connectivity index (χ0v) is 20.4. The van der Waals surface area contributed by atoms with E-state index in [0.29, 0.717) is 30.1 Å². The van der Waals surface area contributed by atoms with Crippen LogP contribution in [0.25, 0.3) is 27.8 Å². The van der Waals surface area contributed by atoms with Gasteiger partial charge in [-0.25, -0.2) is 19.3 Å². The molecule has 1 aliphatic heterocycles. The minimum atomic E-state index is -0.297. The maximum Gasteiger partial charge on any atom is 0.410 e. The van der Waals surface area contributed by atoms with Crippen LogP contribution < -0.4 is 10.5 Å². The Hall–Kier alpha value is -4.60. The van der Waals surface area contributed by atoms with Crippen LogP contribution in [-0.4, -0.2) is 55.8 Å². The molecule has 4 heterocycles. The van der Waals surface area contributed by atoms with E-state index >= 15 is 0 Å². The molecule has 0 saturated carbocycles. The molecule has 37 heavy (non-hydrogen) atoms. The summed E-state index contributed by atoms with van der Waals surface area (Å²) in [7, 11) is 1.65. The number of carbonyl (C=O) groups is 1. The van der Waals surface area contributed by atoms with E-state index in [-0.39, 0.29) is 18.6 Å². The lowest BCUT2D eigenvalue weighted by Gasteiger charge is -2.30. The Morgan fingerprint density at radius 3 is 2.73 bits per heavy atom. The number of hydrogen-bond donors (Lipinski definition) is 2. The number of nitrogens with two attached hydrogens (primary N) is 1. The summed E-state index contributed by atoms with van der Waals surface area (Å²) in [4.78, 5) is 27.1. The molecule has 0 radical (unpaired) electrons. The number of likely N-dealkylation sites (tertiary alicyclic amines) is 1. The molecule has 6 rings (SSSR count). The highest BCUT2D eigenvalue weighted by atomic mass is 16.6. The number of fused-ring (bicyclic) bond motifs is 2. The lowest BCUT2D eigenvalue weighted by atomic mass is 9.96. The van der Waals surface area contributed by atoms with E-state index in [1.807, 2.05) is 54.6 Å². The van der Waals surface area contributed by atoms with Crippen LogP contribution in [0.4, 0.5) is 10.6 Å². The second-order valence-corrected chi connectivity index (χ2v) is 9.13. The number of amides is 1. The number of nitrogens with one attached hydrogen (secondary N) is 1. The third kappa shape index (κ3) is 4.20. The second-order valence-electron chi connectivity index (χ2n) is 9.13. The van der Waals surface area contributed by atoms with Gasteiger partial charge in [0.15, 0.2) is 5.82 Å². The van der Waals surface area contributed by atoms with Gasteiger partial charge in [-0.1, -0.05) is 42.5 Å². The summed E-state index contributed by atoms with van der Waals surface area (Å²) in [6.45, 7) is 1.42. The van der Waals surface area contributed by atoms with Gasteiger partial charge in [-0.3, -0.25) is 0 Å². The molecule has 1 saturated heterocycles. The zero-order valence-electron chi connectivity index (χ0n) is 20.4. The molecule has 10 nitrogen and oxygen atoms in total. The van der Waals surface area contributed by atoms with Crippen molar-refractivity contribution >= 4 is 28.3 Å². The molecule has 2 aromatic carbocycles. The summed E-state index contributed by atoms with van der Waals surface area (Å²) < 4.78 is 12.8. The van der Waals surface area contributed by atoms with E-state index in [4.69, 9.17) is 20.2 Å². The molecule has 3 aromatic heterocycles. The van der Waals surface area contributed by atoms with Gasteiger partial charge in [-0.15, -0.1) is 0 Å². The molecule has 0 spiro atoms. The van der Waals surface area contributed by atoms with Crippen LogP contribution in [-0.2, 0) is 11.3 Å². The molecule has 1 amide bonds. The maximum atomic E-state index is 12.6. The molecule has 10 heteroatoms. The Labute approximate surface area is 213 Å². The highest BCUT2D eigenvalue weighted by molar-refractivity contribution is 5.93. The van der Waals surface area contributed by atoms with Crippen molar-refractivity contribution in [3.63, 3.8) is 0 Å². The molecule has 188 valence electrons. The number of imidazole rings is 1. The first-order valence-corrected chi connectivity index (χ1v) is 12.2. The number of rotatable bonds is 5. The van der Waals surface area contributed by atoms with Gasteiger partial charge in [-0.2, -0.15) is 5.10 Å². The monoisotopic (exact) mass is 497 g/mol. The third-order valence-corrected chi connectivity index (χ3v) is 6.90. The number of piperidine rings is 1. The molecule has 3 N–H and O–H groups in total. The van der Waals surface area contributed by atoms with Crippen LogP contribution in [0.2, 0.25) is 0 Å². The fraction of sp³-hybridized carbons (Fsp3) is 0.259. The van der Waals surface area contributed by atoms with Crippen LogP contribution in [0.1, 0.15) is 30.1 Å². The van der Waals surface area contributed by atoms with Crippen LogP contribution in [0.5, 0.6) is 5.75 Å². The number of H-pyrrole nitrogens is 1. The Morgan fingerprint density at radius 2 is 1.95 bits per heavy atom. The number of methoxy groups -OCH3 is 1. The number of para-hydroxylation sites is 1. The van der Waals surface area contributed by atoms with Crippen molar-refractivity contribution in [1.82, 2.24) is 29.5 Å². The maximum absolute atomic E-state index is 12.6. The van der Waals surface area contributed by atoms with Crippen molar-refractivity contribution in [1.29, 1.82) is 0 Å². The smallest absolute Gasteiger partial charge is 0.410 e. The number of aromatic nitrogens is 5. The fourth-order valence-corrected chi connectivity index (χ4v) is 4.99. The Morgan fingerprint density at radius 1 is 1.14 bits per heavy atom. The standard InChI is InChI=1S/C27H27N7O3/c1-36-21-9-5-8-19-14-20(31-22(19)21)23-24-25(28)29-16-30-34(24)26(32-23)18-10-12-33(13-11-18)27(35)37-15-17-6-3-2-4-7-17/h2-9,14,16,18,31H,10-13,15H2,1H3,(H2,28,29,30). The van der Waals surface area contributed by atoms with Gasteiger partial charge in [0.2, 0.25) is 0 Å². The number of aromatic amines is 1. The molecular formula is C27H27N7O3. The van der Waals surface area contributed by atoms with Crippen molar-refractivity contribution in [2.75, 3.05) is 25.9 Å². The summed E-state index contributed by atoms with van der Waals surface area (Å²) in [5.74, 6) is 2.02. The van der Waals surface area contributed by atoms with Gasteiger partial charge in [-0.05, 0) is 30.5 Å². The van der Waals surface area contributed by atoms with Gasteiger partial charge >= 0.3 is 6.09 Å². The number of carbonyl (C=O) groups excluding carboxylic acids is 1. The third-order valence-electron chi connectivity index (χ3n) is 6.90. The predicted octanol–water partition coefficient (Wildman–Crippen LogP) is 4.38. The van der Waals surface area contributed by atoms with E-state index in [9.17, 15) is 4.79 Å². The summed E-state index contributed by atoms with van der Waals surface area (Å²) in [6.07, 6.45) is 2.63. The number of benzene rings is 2. The van der Waals surface area contributed by atoms with Crippen molar-refractivity contribution in [3.05, 3.63) is 72.3 Å². The van der Waals surface area contributed by atoms with Crippen LogP contribution in [0, 0.1) is 0 Å². The molecule has 0 unspecified atom stereocenters. The molecule has 0 atom stereocenters. The second kappa shape index (κ2) is 9.45. The normalized spacial score (nSPS) is 14.4. The lowest BCUT2D eigenvalue weighted by molar-refractivity contribution is 0.0865. The summed E-state index contributed by atoms with van der Waals surface area (Å²) in [5.41, 5.74) is 10.3. The van der Waals surface area contributed by atoms with Crippen LogP contribution in [0.15, 0.2) is 60.9 Å². The lowest BCUT2D eigenvalue weighted by Crippen LogP contribution is -2.38. The minimum absolute atomic E-state index is 0.104.